The summed E-state index contributed by atoms with van der Waals surface area (Å²) in [5.74, 6) is 0. The quantitative estimate of drug-likeness (QED) is 0.672. The van der Waals surface area contributed by atoms with Crippen LogP contribution in [0.2, 0.25) is 0 Å². The summed E-state index contributed by atoms with van der Waals surface area (Å²) < 4.78 is 28.8. The van der Waals surface area contributed by atoms with E-state index in [4.69, 9.17) is 0 Å². The molecule has 0 saturated carbocycles. The molecule has 0 aliphatic heterocycles. The van der Waals surface area contributed by atoms with E-state index in [1.165, 1.54) is 14.1 Å². The van der Waals surface area contributed by atoms with E-state index in [0.29, 0.717) is 11.5 Å². The Morgan fingerprint density at radius 3 is 2.29 bits per heavy atom. The van der Waals surface area contributed by atoms with Crippen LogP contribution in [0.1, 0.15) is 0 Å². The Kier molecular flexibility index (Phi) is 2.47. The Bertz CT molecular complexity index is 825. The third-order valence-electron chi connectivity index (χ3n) is 2.39. The molecule has 0 spiro atoms. The number of rotatable bonds is 1. The van der Waals surface area contributed by atoms with Crippen molar-refractivity contribution in [2.24, 2.45) is 14.1 Å². The second-order valence-electron chi connectivity index (χ2n) is 3.65. The number of fused-ring (bicyclic) bond motifs is 1. The Labute approximate surface area is 100 Å². The summed E-state index contributed by atoms with van der Waals surface area (Å²) >= 11 is 0.704. The summed E-state index contributed by atoms with van der Waals surface area (Å²) in [7, 11) is -0.788. The van der Waals surface area contributed by atoms with E-state index in [2.05, 4.69) is 4.37 Å². The zero-order chi connectivity index (χ0) is 13.0. The van der Waals surface area contributed by atoms with Crippen LogP contribution in [0.5, 0.6) is 0 Å². The molecular formula is C8H9N3O4S2. The Balaban J connectivity index is 3.18. The molecular weight excluding hydrogens is 266 g/mol. The third-order valence-corrected chi connectivity index (χ3v) is 5.03. The highest BCUT2D eigenvalue weighted by Gasteiger charge is 2.22. The lowest BCUT2D eigenvalue weighted by molar-refractivity contribution is 0.604. The highest BCUT2D eigenvalue weighted by molar-refractivity contribution is 7.92. The van der Waals surface area contributed by atoms with Crippen LogP contribution in [0.15, 0.2) is 13.8 Å². The van der Waals surface area contributed by atoms with Crippen LogP contribution in [0.3, 0.4) is 0 Å². The molecule has 7 nitrogen and oxygen atoms in total. The zero-order valence-electron chi connectivity index (χ0n) is 9.29. The van der Waals surface area contributed by atoms with E-state index in [9.17, 15) is 18.0 Å². The Morgan fingerprint density at radius 2 is 1.76 bits per heavy atom. The van der Waals surface area contributed by atoms with Crippen LogP contribution < -0.4 is 11.2 Å². The fourth-order valence-corrected chi connectivity index (χ4v) is 3.36. The first-order valence-corrected chi connectivity index (χ1v) is 7.17. The number of sulfone groups is 1. The molecule has 2 aromatic heterocycles. The van der Waals surface area contributed by atoms with E-state index < -0.39 is 21.1 Å². The molecule has 0 atom stereocenters. The number of hydrogen-bond acceptors (Lipinski definition) is 6. The molecule has 17 heavy (non-hydrogen) atoms. The minimum absolute atomic E-state index is 0.0258. The van der Waals surface area contributed by atoms with Gasteiger partial charge in [0.2, 0.25) is 0 Å². The van der Waals surface area contributed by atoms with Gasteiger partial charge in [0.25, 0.3) is 5.56 Å². The average Bonchev–Trinajstić information content (AvgIpc) is 2.67. The van der Waals surface area contributed by atoms with Crippen molar-refractivity contribution in [2.75, 3.05) is 6.26 Å². The van der Waals surface area contributed by atoms with E-state index in [1.807, 2.05) is 0 Å². The summed E-state index contributed by atoms with van der Waals surface area (Å²) in [5, 5.41) is -0.0258. The van der Waals surface area contributed by atoms with Gasteiger partial charge in [-0.2, -0.15) is 4.37 Å². The van der Waals surface area contributed by atoms with Crippen LogP contribution in [0.4, 0.5) is 0 Å². The number of nitrogens with zero attached hydrogens (tertiary/aromatic N) is 3. The summed E-state index contributed by atoms with van der Waals surface area (Å²) in [5.41, 5.74) is -1.08. The molecule has 0 bridgehead atoms. The molecule has 9 heteroatoms. The SMILES string of the molecule is Cn1c(=O)c2c(S(C)(=O)=O)snc2n(C)c1=O. The average molecular weight is 275 g/mol. The second-order valence-corrected chi connectivity index (χ2v) is 6.63. The lowest BCUT2D eigenvalue weighted by Gasteiger charge is -2.02. The second kappa shape index (κ2) is 3.50. The molecule has 0 amide bonds. The largest absolute Gasteiger partial charge is 0.332 e. The molecule has 0 aliphatic carbocycles. The van der Waals surface area contributed by atoms with E-state index in [0.717, 1.165) is 15.4 Å². The van der Waals surface area contributed by atoms with Crippen LogP contribution in [0.25, 0.3) is 11.0 Å². The van der Waals surface area contributed by atoms with Gasteiger partial charge in [0.15, 0.2) is 19.7 Å². The topological polar surface area (TPSA) is 91.0 Å². The molecule has 92 valence electrons. The fourth-order valence-electron chi connectivity index (χ4n) is 1.50. The van der Waals surface area contributed by atoms with Gasteiger partial charge >= 0.3 is 5.69 Å². The molecule has 0 aliphatic rings. The standard InChI is InChI=1S/C8H9N3O4S2/c1-10-5-4(6(12)11(2)8(10)13)7(16-9-5)17(3,14)15/h1-3H3. The molecule has 0 radical (unpaired) electrons. The van der Waals surface area contributed by atoms with Gasteiger partial charge in [-0.1, -0.05) is 0 Å². The van der Waals surface area contributed by atoms with Gasteiger partial charge in [0.05, 0.1) is 0 Å². The summed E-state index contributed by atoms with van der Waals surface area (Å²) in [4.78, 5) is 23.5. The molecule has 0 N–H and O–H groups in total. The first kappa shape index (κ1) is 12.0. The predicted molar refractivity (Wildman–Crippen MR) is 63.2 cm³/mol. The smallest absolute Gasteiger partial charge is 0.280 e. The van der Waals surface area contributed by atoms with Gasteiger partial charge in [0.1, 0.15) is 5.39 Å². The summed E-state index contributed by atoms with van der Waals surface area (Å²) in [6.45, 7) is 0. The van der Waals surface area contributed by atoms with Gasteiger partial charge in [-0.05, 0) is 11.5 Å². The van der Waals surface area contributed by atoms with Crippen molar-refractivity contribution in [1.29, 1.82) is 0 Å². The summed E-state index contributed by atoms with van der Waals surface area (Å²) in [6.07, 6.45) is 1.00. The first-order valence-electron chi connectivity index (χ1n) is 4.50. The fraction of sp³-hybridized carbons (Fsp3) is 0.375. The van der Waals surface area contributed by atoms with Gasteiger partial charge in [0, 0.05) is 20.4 Å². The van der Waals surface area contributed by atoms with E-state index in [1.54, 1.807) is 0 Å². The first-order chi connectivity index (χ1) is 7.75. The van der Waals surface area contributed by atoms with Gasteiger partial charge < -0.3 is 0 Å². The molecule has 2 aromatic rings. The van der Waals surface area contributed by atoms with Crippen LogP contribution in [-0.2, 0) is 23.9 Å². The number of aromatic nitrogens is 3. The molecule has 2 rings (SSSR count). The van der Waals surface area contributed by atoms with E-state index >= 15 is 0 Å². The lowest BCUT2D eigenvalue weighted by atomic mass is 10.4. The summed E-state index contributed by atoms with van der Waals surface area (Å²) in [6, 6.07) is 0. The number of hydrogen-bond donors (Lipinski definition) is 0. The highest BCUT2D eigenvalue weighted by Crippen LogP contribution is 2.22. The monoisotopic (exact) mass is 275 g/mol. The van der Waals surface area contributed by atoms with Crippen molar-refractivity contribution in [3.05, 3.63) is 20.8 Å². The lowest BCUT2D eigenvalue weighted by Crippen LogP contribution is -2.37. The maximum Gasteiger partial charge on any atom is 0.332 e. The van der Waals surface area contributed by atoms with Crippen molar-refractivity contribution >= 4 is 32.4 Å². The van der Waals surface area contributed by atoms with Crippen LogP contribution in [-0.4, -0.2) is 28.2 Å². The minimum Gasteiger partial charge on any atom is -0.280 e. The molecule has 2 heterocycles. The van der Waals surface area contributed by atoms with Gasteiger partial charge in [-0.3, -0.25) is 13.9 Å². The molecule has 0 unspecified atom stereocenters. The van der Waals surface area contributed by atoms with Gasteiger partial charge in [-0.25, -0.2) is 13.2 Å². The third kappa shape index (κ3) is 1.62. The Morgan fingerprint density at radius 1 is 1.18 bits per heavy atom. The minimum atomic E-state index is -3.53. The van der Waals surface area contributed by atoms with Crippen molar-refractivity contribution in [3.8, 4) is 0 Å². The maximum absolute atomic E-state index is 11.9. The predicted octanol–water partition coefficient (Wildman–Crippen LogP) is -0.903. The normalized spacial score (nSPS) is 12.2. The molecule has 0 aromatic carbocycles. The molecule has 0 saturated heterocycles. The van der Waals surface area contributed by atoms with Crippen LogP contribution >= 0.6 is 11.5 Å². The number of aryl methyl sites for hydroxylation is 1. The Hall–Kier alpha value is -1.48. The van der Waals surface area contributed by atoms with Crippen LogP contribution in [0, 0.1) is 0 Å². The maximum atomic E-state index is 11.9. The van der Waals surface area contributed by atoms with Crippen molar-refractivity contribution in [2.45, 2.75) is 4.21 Å². The van der Waals surface area contributed by atoms with Crippen molar-refractivity contribution in [3.63, 3.8) is 0 Å². The zero-order valence-corrected chi connectivity index (χ0v) is 10.9. The van der Waals surface area contributed by atoms with Gasteiger partial charge in [-0.15, -0.1) is 0 Å². The highest BCUT2D eigenvalue weighted by atomic mass is 32.2. The van der Waals surface area contributed by atoms with E-state index in [-0.39, 0.29) is 15.2 Å². The van der Waals surface area contributed by atoms with Crippen molar-refractivity contribution in [1.82, 2.24) is 13.5 Å². The molecule has 0 fully saturated rings. The van der Waals surface area contributed by atoms with Crippen molar-refractivity contribution < 1.29 is 8.42 Å².